The number of carbonyl (C=O) groups is 1. The maximum atomic E-state index is 12.3. The van der Waals surface area contributed by atoms with E-state index in [-0.39, 0.29) is 5.91 Å². The number of likely N-dealkylation sites (tertiary alicyclic amines) is 1. The molecule has 0 radical (unpaired) electrons. The molecule has 1 unspecified atom stereocenters. The SMILES string of the molecule is O=C(CCc1ccco1)N1CCC(O)(Cc2cccc(Cl)c2)C1. The summed E-state index contributed by atoms with van der Waals surface area (Å²) in [5.74, 6) is 0.871. The molecule has 2 heterocycles. The normalized spacial score (nSPS) is 20.9. The van der Waals surface area contributed by atoms with Gasteiger partial charge in [0.1, 0.15) is 5.76 Å². The Balaban J connectivity index is 1.55. The van der Waals surface area contributed by atoms with Crippen LogP contribution in [0.4, 0.5) is 0 Å². The van der Waals surface area contributed by atoms with Crippen molar-refractivity contribution in [3.63, 3.8) is 0 Å². The highest BCUT2D eigenvalue weighted by atomic mass is 35.5. The van der Waals surface area contributed by atoms with Gasteiger partial charge in [-0.3, -0.25) is 4.79 Å². The molecule has 1 aliphatic heterocycles. The molecule has 1 amide bonds. The molecule has 1 saturated heterocycles. The summed E-state index contributed by atoms with van der Waals surface area (Å²) in [6, 6.07) is 11.2. The molecule has 122 valence electrons. The van der Waals surface area contributed by atoms with Crippen LogP contribution in [0.3, 0.4) is 0 Å². The van der Waals surface area contributed by atoms with E-state index < -0.39 is 5.60 Å². The van der Waals surface area contributed by atoms with Gasteiger partial charge in [0.15, 0.2) is 0 Å². The molecule has 0 bridgehead atoms. The van der Waals surface area contributed by atoms with Crippen LogP contribution in [0.1, 0.15) is 24.2 Å². The first-order valence-electron chi connectivity index (χ1n) is 7.81. The summed E-state index contributed by atoms with van der Waals surface area (Å²) in [6.07, 6.45) is 3.71. The Bertz CT molecular complexity index is 671. The van der Waals surface area contributed by atoms with Crippen molar-refractivity contribution in [3.05, 3.63) is 59.0 Å². The number of furan rings is 1. The van der Waals surface area contributed by atoms with Gasteiger partial charge in [-0.05, 0) is 36.2 Å². The standard InChI is InChI=1S/C18H20ClNO3/c19-15-4-1-3-14(11-15)12-18(22)8-9-20(13-18)17(21)7-6-16-5-2-10-23-16/h1-5,10-11,22H,6-9,12-13H2. The Labute approximate surface area is 140 Å². The summed E-state index contributed by atoms with van der Waals surface area (Å²) in [5.41, 5.74) is 0.121. The number of amides is 1. The molecule has 3 rings (SSSR count). The molecule has 4 nitrogen and oxygen atoms in total. The third kappa shape index (κ3) is 4.15. The molecule has 1 fully saturated rings. The number of hydrogen-bond acceptors (Lipinski definition) is 3. The average Bonchev–Trinajstić information content (AvgIpc) is 3.14. The van der Waals surface area contributed by atoms with Crippen LogP contribution in [0, 0.1) is 0 Å². The fourth-order valence-corrected chi connectivity index (χ4v) is 3.30. The summed E-state index contributed by atoms with van der Waals surface area (Å²) in [7, 11) is 0. The van der Waals surface area contributed by atoms with Crippen molar-refractivity contribution in [2.45, 2.75) is 31.3 Å². The van der Waals surface area contributed by atoms with Crippen molar-refractivity contribution >= 4 is 17.5 Å². The summed E-state index contributed by atoms with van der Waals surface area (Å²) < 4.78 is 5.25. The van der Waals surface area contributed by atoms with Crippen molar-refractivity contribution in [3.8, 4) is 0 Å². The van der Waals surface area contributed by atoms with Gasteiger partial charge in [0.2, 0.25) is 5.91 Å². The van der Waals surface area contributed by atoms with Crippen LogP contribution < -0.4 is 0 Å². The predicted octanol–water partition coefficient (Wildman–Crippen LogP) is 3.07. The number of β-amino-alcohol motifs (C(OH)–C–C–N with tert-alkyl or cyclic N) is 1. The lowest BCUT2D eigenvalue weighted by molar-refractivity contribution is -0.131. The Morgan fingerprint density at radius 3 is 2.96 bits per heavy atom. The minimum atomic E-state index is -0.870. The highest BCUT2D eigenvalue weighted by Gasteiger charge is 2.38. The third-order valence-electron chi connectivity index (χ3n) is 4.27. The van der Waals surface area contributed by atoms with E-state index >= 15 is 0 Å². The van der Waals surface area contributed by atoms with E-state index in [0.717, 1.165) is 11.3 Å². The lowest BCUT2D eigenvalue weighted by Crippen LogP contribution is -2.37. The Hall–Kier alpha value is -1.78. The number of carbonyl (C=O) groups excluding carboxylic acids is 1. The maximum absolute atomic E-state index is 12.3. The first-order chi connectivity index (χ1) is 11.0. The Morgan fingerprint density at radius 1 is 1.35 bits per heavy atom. The molecule has 0 aliphatic carbocycles. The van der Waals surface area contributed by atoms with Crippen molar-refractivity contribution in [1.29, 1.82) is 0 Å². The van der Waals surface area contributed by atoms with Gasteiger partial charge in [-0.15, -0.1) is 0 Å². The molecule has 0 spiro atoms. The van der Waals surface area contributed by atoms with Gasteiger partial charge >= 0.3 is 0 Å². The fourth-order valence-electron chi connectivity index (χ4n) is 3.08. The van der Waals surface area contributed by atoms with Crippen LogP contribution >= 0.6 is 11.6 Å². The van der Waals surface area contributed by atoms with Crippen LogP contribution in [-0.4, -0.2) is 34.6 Å². The monoisotopic (exact) mass is 333 g/mol. The predicted molar refractivity (Wildman–Crippen MR) is 88.3 cm³/mol. The average molecular weight is 334 g/mol. The van der Waals surface area contributed by atoms with Crippen LogP contribution in [0.5, 0.6) is 0 Å². The van der Waals surface area contributed by atoms with Gasteiger partial charge in [0.05, 0.1) is 11.9 Å². The minimum Gasteiger partial charge on any atom is -0.469 e. The number of aryl methyl sites for hydroxylation is 1. The van der Waals surface area contributed by atoms with Gasteiger partial charge in [-0.1, -0.05) is 23.7 Å². The minimum absolute atomic E-state index is 0.0587. The van der Waals surface area contributed by atoms with E-state index in [2.05, 4.69) is 0 Å². The quantitative estimate of drug-likeness (QED) is 0.915. The lowest BCUT2D eigenvalue weighted by atomic mass is 9.94. The highest BCUT2D eigenvalue weighted by Crippen LogP contribution is 2.27. The molecule has 1 aromatic heterocycles. The lowest BCUT2D eigenvalue weighted by Gasteiger charge is -2.23. The molecular formula is C18H20ClNO3. The largest absolute Gasteiger partial charge is 0.469 e. The first-order valence-corrected chi connectivity index (χ1v) is 8.19. The van der Waals surface area contributed by atoms with Crippen molar-refractivity contribution in [2.75, 3.05) is 13.1 Å². The van der Waals surface area contributed by atoms with E-state index in [9.17, 15) is 9.90 Å². The molecule has 2 aromatic rings. The molecule has 1 atom stereocenters. The Morgan fingerprint density at radius 2 is 2.22 bits per heavy atom. The smallest absolute Gasteiger partial charge is 0.223 e. The summed E-state index contributed by atoms with van der Waals surface area (Å²) >= 11 is 5.99. The second kappa shape index (κ2) is 6.77. The van der Waals surface area contributed by atoms with E-state index in [1.807, 2.05) is 36.4 Å². The molecule has 0 saturated carbocycles. The van der Waals surface area contributed by atoms with Gasteiger partial charge in [0.25, 0.3) is 0 Å². The summed E-state index contributed by atoms with van der Waals surface area (Å²) in [5, 5.41) is 11.4. The maximum Gasteiger partial charge on any atom is 0.223 e. The van der Waals surface area contributed by atoms with Crippen molar-refractivity contribution in [1.82, 2.24) is 4.90 Å². The molecule has 1 aromatic carbocycles. The molecule has 1 aliphatic rings. The van der Waals surface area contributed by atoms with Crippen molar-refractivity contribution in [2.24, 2.45) is 0 Å². The zero-order valence-electron chi connectivity index (χ0n) is 12.9. The number of halogens is 1. The topological polar surface area (TPSA) is 53.7 Å². The molecule has 5 heteroatoms. The van der Waals surface area contributed by atoms with Crippen LogP contribution in [-0.2, 0) is 17.6 Å². The van der Waals surface area contributed by atoms with Crippen molar-refractivity contribution < 1.29 is 14.3 Å². The first kappa shape index (κ1) is 16.1. The van der Waals surface area contributed by atoms with Gasteiger partial charge in [-0.2, -0.15) is 0 Å². The van der Waals surface area contributed by atoms with Gasteiger partial charge < -0.3 is 14.4 Å². The van der Waals surface area contributed by atoms with Crippen LogP contribution in [0.25, 0.3) is 0 Å². The van der Waals surface area contributed by atoms with Gasteiger partial charge in [-0.25, -0.2) is 0 Å². The van der Waals surface area contributed by atoms with E-state index in [4.69, 9.17) is 16.0 Å². The second-order valence-corrected chi connectivity index (χ2v) is 6.61. The third-order valence-corrected chi connectivity index (χ3v) is 4.51. The molecular weight excluding hydrogens is 314 g/mol. The molecule has 1 N–H and O–H groups in total. The zero-order valence-corrected chi connectivity index (χ0v) is 13.6. The van der Waals surface area contributed by atoms with E-state index in [1.54, 1.807) is 11.2 Å². The number of nitrogens with zero attached hydrogens (tertiary/aromatic N) is 1. The van der Waals surface area contributed by atoms with Crippen LogP contribution in [0.15, 0.2) is 47.1 Å². The number of benzene rings is 1. The fraction of sp³-hybridized carbons (Fsp3) is 0.389. The zero-order chi connectivity index (χ0) is 16.3. The van der Waals surface area contributed by atoms with E-state index in [1.165, 1.54) is 0 Å². The van der Waals surface area contributed by atoms with E-state index in [0.29, 0.717) is 43.8 Å². The molecule has 23 heavy (non-hydrogen) atoms. The van der Waals surface area contributed by atoms with Crippen LogP contribution in [0.2, 0.25) is 5.02 Å². The number of aliphatic hydroxyl groups is 1. The van der Waals surface area contributed by atoms with Gasteiger partial charge in [0, 0.05) is 37.4 Å². The summed E-state index contributed by atoms with van der Waals surface area (Å²) in [4.78, 5) is 14.0. The number of hydrogen-bond donors (Lipinski definition) is 1. The summed E-state index contributed by atoms with van der Waals surface area (Å²) in [6.45, 7) is 0.963. The number of rotatable bonds is 5. The second-order valence-electron chi connectivity index (χ2n) is 6.18. The Kier molecular flexibility index (Phi) is 4.74. The highest BCUT2D eigenvalue weighted by molar-refractivity contribution is 6.30.